The predicted octanol–water partition coefficient (Wildman–Crippen LogP) is 1.82. The van der Waals surface area contributed by atoms with E-state index in [4.69, 9.17) is 10.4 Å². The summed E-state index contributed by atoms with van der Waals surface area (Å²) in [5, 5.41) is 17.9. The second kappa shape index (κ2) is 3.49. The van der Waals surface area contributed by atoms with Crippen molar-refractivity contribution in [1.29, 1.82) is 5.26 Å². The minimum atomic E-state index is -0.925. The van der Waals surface area contributed by atoms with Crippen molar-refractivity contribution in [2.24, 2.45) is 5.92 Å². The summed E-state index contributed by atoms with van der Waals surface area (Å²) in [6, 6.07) is 1.81. The molecule has 76 valence electrons. The summed E-state index contributed by atoms with van der Waals surface area (Å²) in [6.07, 6.45) is 4.14. The smallest absolute Gasteiger partial charge is 0.408 e. The van der Waals surface area contributed by atoms with Crippen LogP contribution >= 0.6 is 0 Å². The van der Waals surface area contributed by atoms with E-state index < -0.39 is 12.1 Å². The molecule has 1 saturated heterocycles. The van der Waals surface area contributed by atoms with Gasteiger partial charge in [-0.1, -0.05) is 12.8 Å². The molecular weight excluding hydrogens is 180 g/mol. The molecule has 0 radical (unpaired) electrons. The average Bonchev–Trinajstić information content (AvgIpc) is 2.55. The van der Waals surface area contributed by atoms with Crippen LogP contribution in [-0.2, 0) is 0 Å². The van der Waals surface area contributed by atoms with E-state index in [0.29, 0.717) is 5.92 Å². The number of hydrogen-bond donors (Lipinski definition) is 1. The molecule has 1 aliphatic heterocycles. The predicted molar refractivity (Wildman–Crippen MR) is 49.6 cm³/mol. The number of nitrogens with zero attached hydrogens (tertiary/aromatic N) is 2. The van der Waals surface area contributed by atoms with Crippen molar-refractivity contribution < 1.29 is 9.90 Å². The van der Waals surface area contributed by atoms with Crippen LogP contribution in [0.3, 0.4) is 0 Å². The lowest BCUT2D eigenvalue weighted by atomic mass is 9.85. The number of amides is 1. The van der Waals surface area contributed by atoms with Crippen molar-refractivity contribution in [1.82, 2.24) is 4.90 Å². The molecule has 0 unspecified atom stereocenters. The number of likely N-dealkylation sites (tertiary alicyclic amines) is 1. The van der Waals surface area contributed by atoms with Gasteiger partial charge in [-0.25, -0.2) is 4.79 Å². The first-order valence-electron chi connectivity index (χ1n) is 5.15. The van der Waals surface area contributed by atoms with E-state index in [-0.39, 0.29) is 6.04 Å². The summed E-state index contributed by atoms with van der Waals surface area (Å²) in [5.41, 5.74) is 0. The third-order valence-electron chi connectivity index (χ3n) is 3.46. The number of nitriles is 1. The van der Waals surface area contributed by atoms with Crippen LogP contribution in [0.15, 0.2) is 0 Å². The highest BCUT2D eigenvalue weighted by Crippen LogP contribution is 2.39. The van der Waals surface area contributed by atoms with Crippen LogP contribution in [0.25, 0.3) is 0 Å². The largest absolute Gasteiger partial charge is 0.465 e. The maximum absolute atomic E-state index is 11.0. The highest BCUT2D eigenvalue weighted by Gasteiger charge is 2.44. The second-order valence-corrected chi connectivity index (χ2v) is 4.18. The first kappa shape index (κ1) is 9.32. The second-order valence-electron chi connectivity index (χ2n) is 4.18. The lowest BCUT2D eigenvalue weighted by molar-refractivity contribution is 0.116. The van der Waals surface area contributed by atoms with Crippen LogP contribution in [0.2, 0.25) is 0 Å². The highest BCUT2D eigenvalue weighted by atomic mass is 16.4. The molecule has 4 heteroatoms. The van der Waals surface area contributed by atoms with E-state index in [1.165, 1.54) is 11.3 Å². The van der Waals surface area contributed by atoms with E-state index in [9.17, 15) is 4.79 Å². The van der Waals surface area contributed by atoms with E-state index >= 15 is 0 Å². The van der Waals surface area contributed by atoms with Gasteiger partial charge < -0.3 is 5.11 Å². The van der Waals surface area contributed by atoms with E-state index in [1.54, 1.807) is 0 Å². The minimum Gasteiger partial charge on any atom is -0.465 e. The summed E-state index contributed by atoms with van der Waals surface area (Å²) in [7, 11) is 0. The van der Waals surface area contributed by atoms with Crippen LogP contribution in [0, 0.1) is 17.2 Å². The van der Waals surface area contributed by atoms with Gasteiger partial charge in [0.05, 0.1) is 6.07 Å². The third-order valence-corrected chi connectivity index (χ3v) is 3.46. The third kappa shape index (κ3) is 1.33. The Morgan fingerprint density at radius 3 is 2.79 bits per heavy atom. The van der Waals surface area contributed by atoms with Gasteiger partial charge in [-0.2, -0.15) is 5.26 Å². The zero-order chi connectivity index (χ0) is 10.1. The molecule has 1 aliphatic carbocycles. The first-order chi connectivity index (χ1) is 6.74. The first-order valence-corrected chi connectivity index (χ1v) is 5.15. The van der Waals surface area contributed by atoms with Gasteiger partial charge in [0.25, 0.3) is 0 Å². The van der Waals surface area contributed by atoms with Crippen LogP contribution in [0.4, 0.5) is 4.79 Å². The Morgan fingerprint density at radius 1 is 1.43 bits per heavy atom. The van der Waals surface area contributed by atoms with Gasteiger partial charge >= 0.3 is 6.09 Å². The van der Waals surface area contributed by atoms with Gasteiger partial charge in [-0.3, -0.25) is 4.90 Å². The average molecular weight is 194 g/mol. The van der Waals surface area contributed by atoms with Gasteiger partial charge in [0.1, 0.15) is 6.04 Å². The zero-order valence-corrected chi connectivity index (χ0v) is 8.02. The zero-order valence-electron chi connectivity index (χ0n) is 8.02. The Hall–Kier alpha value is -1.24. The maximum Gasteiger partial charge on any atom is 0.408 e. The van der Waals surface area contributed by atoms with E-state index in [2.05, 4.69) is 6.07 Å². The molecule has 0 aromatic heterocycles. The highest BCUT2D eigenvalue weighted by molar-refractivity contribution is 5.67. The fourth-order valence-corrected chi connectivity index (χ4v) is 2.85. The fraction of sp³-hybridized carbons (Fsp3) is 0.800. The molecule has 2 aliphatic rings. The number of carbonyl (C=O) groups is 1. The van der Waals surface area contributed by atoms with Crippen molar-refractivity contribution >= 4 is 6.09 Å². The van der Waals surface area contributed by atoms with Crippen LogP contribution in [0.1, 0.15) is 32.1 Å². The summed E-state index contributed by atoms with van der Waals surface area (Å²) >= 11 is 0. The molecule has 0 aromatic rings. The molecule has 2 rings (SSSR count). The molecule has 4 nitrogen and oxygen atoms in total. The van der Waals surface area contributed by atoms with Gasteiger partial charge in [0, 0.05) is 6.04 Å². The van der Waals surface area contributed by atoms with Crippen molar-refractivity contribution in [3.63, 3.8) is 0 Å². The summed E-state index contributed by atoms with van der Waals surface area (Å²) in [4.78, 5) is 12.4. The lowest BCUT2D eigenvalue weighted by Crippen LogP contribution is -2.41. The van der Waals surface area contributed by atoms with Gasteiger partial charge in [-0.05, 0) is 25.2 Å². The van der Waals surface area contributed by atoms with Gasteiger partial charge in [0.15, 0.2) is 0 Å². The summed E-state index contributed by atoms with van der Waals surface area (Å²) in [6.45, 7) is 0. The van der Waals surface area contributed by atoms with E-state index in [1.807, 2.05) is 0 Å². The molecule has 1 N–H and O–H groups in total. The van der Waals surface area contributed by atoms with Gasteiger partial charge in [0.2, 0.25) is 0 Å². The standard InChI is InChI=1S/C10H14N2O2/c11-6-8-5-7-3-1-2-4-9(7)12(8)10(13)14/h7-9H,1-5H2,(H,13,14)/t7-,8-,9-/m0/s1. The fourth-order valence-electron chi connectivity index (χ4n) is 2.85. The number of carboxylic acid groups (broad SMARTS) is 1. The topological polar surface area (TPSA) is 64.3 Å². The number of rotatable bonds is 0. The van der Waals surface area contributed by atoms with Crippen molar-refractivity contribution in [2.75, 3.05) is 0 Å². The summed E-state index contributed by atoms with van der Waals surface area (Å²) < 4.78 is 0. The monoisotopic (exact) mass is 194 g/mol. The molecule has 14 heavy (non-hydrogen) atoms. The molecule has 1 heterocycles. The molecule has 1 amide bonds. The lowest BCUT2D eigenvalue weighted by Gasteiger charge is -2.30. The maximum atomic E-state index is 11.0. The Morgan fingerprint density at radius 2 is 2.14 bits per heavy atom. The Labute approximate surface area is 83.1 Å². The Bertz CT molecular complexity index is 284. The van der Waals surface area contributed by atoms with Crippen LogP contribution in [-0.4, -0.2) is 28.2 Å². The molecular formula is C10H14N2O2. The number of fused-ring (bicyclic) bond motifs is 1. The van der Waals surface area contributed by atoms with Crippen molar-refractivity contribution in [3.05, 3.63) is 0 Å². The van der Waals surface area contributed by atoms with Crippen LogP contribution < -0.4 is 0 Å². The molecule has 3 atom stereocenters. The summed E-state index contributed by atoms with van der Waals surface area (Å²) in [5.74, 6) is 0.435. The SMILES string of the molecule is N#C[C@@H]1C[C@@H]2CCCC[C@@H]2N1C(=O)O. The quantitative estimate of drug-likeness (QED) is 0.639. The molecule has 0 spiro atoms. The normalized spacial score (nSPS) is 36.2. The van der Waals surface area contributed by atoms with E-state index in [0.717, 1.165) is 25.7 Å². The van der Waals surface area contributed by atoms with Crippen molar-refractivity contribution in [2.45, 2.75) is 44.2 Å². The molecule has 0 aromatic carbocycles. The molecule has 1 saturated carbocycles. The number of hydrogen-bond acceptors (Lipinski definition) is 2. The Kier molecular flexibility index (Phi) is 2.32. The van der Waals surface area contributed by atoms with Crippen molar-refractivity contribution in [3.8, 4) is 6.07 Å². The van der Waals surface area contributed by atoms with Gasteiger partial charge in [-0.15, -0.1) is 0 Å². The Balaban J connectivity index is 2.19. The molecule has 2 fully saturated rings. The van der Waals surface area contributed by atoms with Crippen LogP contribution in [0.5, 0.6) is 0 Å². The molecule has 0 bridgehead atoms. The minimum absolute atomic E-state index is 0.117.